The number of piperazine rings is 1. The maximum atomic E-state index is 5.31. The Morgan fingerprint density at radius 1 is 1.58 bits per heavy atom. The minimum atomic E-state index is 0.332. The number of hydrogen-bond donors (Lipinski definition) is 1. The van der Waals surface area contributed by atoms with E-state index in [2.05, 4.69) is 39.7 Å². The fraction of sp³-hybridized carbons (Fsp3) is 1.00. The first-order valence-corrected chi connectivity index (χ1v) is 5.68. The summed E-state index contributed by atoms with van der Waals surface area (Å²) in [6, 6.07) is 0. The summed E-state index contributed by atoms with van der Waals surface area (Å²) >= 11 is 2.49. The molecule has 1 unspecified atom stereocenters. The molecule has 2 saturated heterocycles. The first kappa shape index (κ1) is 9.18. The van der Waals surface area contributed by atoms with E-state index in [-0.39, 0.29) is 0 Å². The van der Waals surface area contributed by atoms with Gasteiger partial charge in [-0.25, -0.2) is 0 Å². The molecule has 1 atom stereocenters. The summed E-state index contributed by atoms with van der Waals surface area (Å²) in [5.41, 5.74) is 0.332. The number of alkyl halides is 1. The predicted octanol–water partition coefficient (Wildman–Crippen LogP) is 0.442. The Balaban J connectivity index is 2.06. The quantitative estimate of drug-likeness (QED) is 0.429. The highest BCUT2D eigenvalue weighted by Crippen LogP contribution is 2.29. The predicted molar refractivity (Wildman–Crippen MR) is 56.6 cm³/mol. The first-order chi connectivity index (χ1) is 5.75. The molecular weight excluding hydrogens is 267 g/mol. The molecule has 0 radical (unpaired) electrons. The van der Waals surface area contributed by atoms with Gasteiger partial charge in [0.05, 0.1) is 22.8 Å². The van der Waals surface area contributed by atoms with Gasteiger partial charge in [-0.2, -0.15) is 0 Å². The number of hydrogen-bond acceptors (Lipinski definition) is 3. The number of nitrogens with zero attached hydrogens (tertiary/aromatic N) is 1. The zero-order chi connectivity index (χ0) is 8.60. The van der Waals surface area contributed by atoms with Gasteiger partial charge in [0.1, 0.15) is 0 Å². The molecule has 0 saturated carbocycles. The summed E-state index contributed by atoms with van der Waals surface area (Å²) in [5, 5.41) is 3.44. The van der Waals surface area contributed by atoms with Gasteiger partial charge < -0.3 is 10.1 Å². The minimum Gasteiger partial charge on any atom is -0.377 e. The average molecular weight is 282 g/mol. The fourth-order valence-corrected chi connectivity index (χ4v) is 2.89. The van der Waals surface area contributed by atoms with Crippen molar-refractivity contribution in [3.05, 3.63) is 0 Å². The maximum absolute atomic E-state index is 5.31. The normalized spacial score (nSPS) is 31.5. The summed E-state index contributed by atoms with van der Waals surface area (Å²) in [6.07, 6.45) is 0. The third-order valence-corrected chi connectivity index (χ3v) is 3.44. The molecule has 0 aromatic rings. The van der Waals surface area contributed by atoms with Crippen LogP contribution in [0.5, 0.6) is 0 Å². The van der Waals surface area contributed by atoms with E-state index in [0.717, 1.165) is 32.8 Å². The van der Waals surface area contributed by atoms with Crippen molar-refractivity contribution in [2.45, 2.75) is 16.5 Å². The van der Waals surface area contributed by atoms with Crippen LogP contribution in [0, 0.1) is 0 Å². The van der Waals surface area contributed by atoms with Crippen LogP contribution in [0.2, 0.25) is 0 Å². The van der Waals surface area contributed by atoms with Crippen molar-refractivity contribution in [3.8, 4) is 0 Å². The maximum Gasteiger partial charge on any atom is 0.0813 e. The molecule has 1 spiro atoms. The summed E-state index contributed by atoms with van der Waals surface area (Å²) in [4.78, 5) is 2.56. The summed E-state index contributed by atoms with van der Waals surface area (Å²) < 4.78 is 5.93. The molecule has 1 N–H and O–H groups in total. The summed E-state index contributed by atoms with van der Waals surface area (Å²) in [7, 11) is 0. The molecule has 2 fully saturated rings. The van der Waals surface area contributed by atoms with E-state index in [1.54, 1.807) is 0 Å². The molecule has 2 aliphatic heterocycles. The van der Waals surface area contributed by atoms with Crippen LogP contribution in [0.25, 0.3) is 0 Å². The highest BCUT2D eigenvalue weighted by molar-refractivity contribution is 14.1. The highest BCUT2D eigenvalue weighted by Gasteiger charge is 2.46. The second-order valence-electron chi connectivity index (χ2n) is 3.66. The number of nitrogens with one attached hydrogen (secondary N) is 1. The molecule has 4 heteroatoms. The third-order valence-electron chi connectivity index (χ3n) is 2.76. The van der Waals surface area contributed by atoms with Gasteiger partial charge in [0, 0.05) is 19.6 Å². The van der Waals surface area contributed by atoms with Gasteiger partial charge in [-0.1, -0.05) is 22.6 Å². The zero-order valence-corrected chi connectivity index (χ0v) is 9.50. The first-order valence-electron chi connectivity index (χ1n) is 4.44. The lowest BCUT2D eigenvalue weighted by molar-refractivity contribution is -0.148. The summed E-state index contributed by atoms with van der Waals surface area (Å²) in [6.45, 7) is 7.45. The highest BCUT2D eigenvalue weighted by atomic mass is 127. The molecule has 12 heavy (non-hydrogen) atoms. The van der Waals surface area contributed by atoms with E-state index >= 15 is 0 Å². The van der Waals surface area contributed by atoms with Crippen LogP contribution in [0.4, 0.5) is 0 Å². The Bertz CT molecular complexity index is 170. The Hall–Kier alpha value is 0.610. The van der Waals surface area contributed by atoms with Crippen molar-refractivity contribution in [1.29, 1.82) is 0 Å². The van der Waals surface area contributed by atoms with E-state index < -0.39 is 0 Å². The minimum absolute atomic E-state index is 0.332. The largest absolute Gasteiger partial charge is 0.377 e. The Labute approximate surface area is 87.0 Å². The molecule has 0 bridgehead atoms. The molecule has 2 rings (SSSR count). The van der Waals surface area contributed by atoms with Crippen LogP contribution >= 0.6 is 22.6 Å². The zero-order valence-electron chi connectivity index (χ0n) is 7.35. The van der Waals surface area contributed by atoms with Gasteiger partial charge in [0.2, 0.25) is 0 Å². The van der Waals surface area contributed by atoms with E-state index in [4.69, 9.17) is 4.74 Å². The second-order valence-corrected chi connectivity index (χ2v) is 5.46. The lowest BCUT2D eigenvalue weighted by Crippen LogP contribution is -2.71. The van der Waals surface area contributed by atoms with Crippen molar-refractivity contribution in [3.63, 3.8) is 0 Å². The molecule has 0 amide bonds. The van der Waals surface area contributed by atoms with Crippen LogP contribution in [0.3, 0.4) is 0 Å². The Morgan fingerprint density at radius 2 is 2.33 bits per heavy atom. The topological polar surface area (TPSA) is 24.5 Å². The van der Waals surface area contributed by atoms with Crippen molar-refractivity contribution >= 4 is 22.6 Å². The van der Waals surface area contributed by atoms with Crippen LogP contribution in [-0.4, -0.2) is 47.3 Å². The van der Waals surface area contributed by atoms with E-state index in [1.807, 2.05) is 0 Å². The summed E-state index contributed by atoms with van der Waals surface area (Å²) in [5.74, 6) is 0. The second kappa shape index (κ2) is 3.40. The van der Waals surface area contributed by atoms with Crippen molar-refractivity contribution in [1.82, 2.24) is 10.2 Å². The molecule has 0 aromatic carbocycles. The third kappa shape index (κ3) is 1.38. The van der Waals surface area contributed by atoms with Crippen molar-refractivity contribution in [2.75, 3.05) is 32.8 Å². The van der Waals surface area contributed by atoms with E-state index in [0.29, 0.717) is 9.59 Å². The lowest BCUT2D eigenvalue weighted by atomic mass is 9.93. The van der Waals surface area contributed by atoms with Crippen LogP contribution in [0.1, 0.15) is 6.92 Å². The van der Waals surface area contributed by atoms with Gasteiger partial charge in [0.15, 0.2) is 0 Å². The van der Waals surface area contributed by atoms with Crippen molar-refractivity contribution < 1.29 is 4.74 Å². The van der Waals surface area contributed by atoms with Crippen molar-refractivity contribution in [2.24, 2.45) is 0 Å². The molecule has 0 aliphatic carbocycles. The Kier molecular flexibility index (Phi) is 2.60. The van der Waals surface area contributed by atoms with Gasteiger partial charge in [-0.3, -0.25) is 4.90 Å². The Morgan fingerprint density at radius 3 is 2.75 bits per heavy atom. The molecule has 0 aromatic heterocycles. The van der Waals surface area contributed by atoms with Gasteiger partial charge in [-0.05, 0) is 6.92 Å². The molecule has 2 heterocycles. The van der Waals surface area contributed by atoms with Crippen LogP contribution in [-0.2, 0) is 4.74 Å². The number of rotatable bonds is 1. The average Bonchev–Trinajstić information content (AvgIpc) is 2.01. The molecule has 2 aliphatic rings. The van der Waals surface area contributed by atoms with Gasteiger partial charge in [0.25, 0.3) is 0 Å². The molecule has 3 nitrogen and oxygen atoms in total. The van der Waals surface area contributed by atoms with E-state index in [9.17, 15) is 0 Å². The molecule has 70 valence electrons. The SMILES string of the molecule is CC(I)N1CCNCC12COC2. The standard InChI is InChI=1S/C8H15IN2O/c1-7(9)11-3-2-10-4-8(11)5-12-6-8/h7,10H,2-6H2,1H3. The number of ether oxygens (including phenoxy) is 1. The van der Waals surface area contributed by atoms with E-state index in [1.165, 1.54) is 0 Å². The smallest absolute Gasteiger partial charge is 0.0813 e. The van der Waals surface area contributed by atoms with Crippen LogP contribution in [0.15, 0.2) is 0 Å². The molecular formula is C8H15IN2O. The van der Waals surface area contributed by atoms with Gasteiger partial charge >= 0.3 is 0 Å². The fourth-order valence-electron chi connectivity index (χ4n) is 2.02. The monoisotopic (exact) mass is 282 g/mol. The van der Waals surface area contributed by atoms with Gasteiger partial charge in [-0.15, -0.1) is 0 Å². The van der Waals surface area contributed by atoms with Crippen LogP contribution < -0.4 is 5.32 Å². The lowest BCUT2D eigenvalue weighted by Gasteiger charge is -2.53. The number of halogens is 1.